The fourth-order valence-electron chi connectivity index (χ4n) is 2.11. The van der Waals surface area contributed by atoms with Crippen LogP contribution >= 0.6 is 11.8 Å². The van der Waals surface area contributed by atoms with Gasteiger partial charge in [0.2, 0.25) is 6.79 Å². The summed E-state index contributed by atoms with van der Waals surface area (Å²) in [6, 6.07) is 6.13. The maximum absolute atomic E-state index is 5.85. The molecule has 3 rings (SSSR count). The van der Waals surface area contributed by atoms with E-state index in [0.29, 0.717) is 6.79 Å². The van der Waals surface area contributed by atoms with Gasteiger partial charge in [-0.1, -0.05) is 6.42 Å². The average molecular weight is 237 g/mol. The summed E-state index contributed by atoms with van der Waals surface area (Å²) in [5, 5.41) is 0. The number of hydrogen-bond donors (Lipinski definition) is 1. The molecule has 1 aliphatic heterocycles. The number of rotatable bonds is 3. The first-order valence-corrected chi connectivity index (χ1v) is 6.42. The van der Waals surface area contributed by atoms with E-state index in [1.165, 1.54) is 24.2 Å². The molecule has 0 saturated heterocycles. The molecule has 0 amide bonds. The van der Waals surface area contributed by atoms with Crippen LogP contribution in [0.3, 0.4) is 0 Å². The second-order valence-electron chi connectivity index (χ2n) is 4.36. The molecule has 0 spiro atoms. The van der Waals surface area contributed by atoms with E-state index in [-0.39, 0.29) is 4.75 Å². The largest absolute Gasteiger partial charge is 0.454 e. The monoisotopic (exact) mass is 237 g/mol. The lowest BCUT2D eigenvalue weighted by Gasteiger charge is -2.40. The van der Waals surface area contributed by atoms with Crippen molar-refractivity contribution in [2.45, 2.75) is 28.9 Å². The quantitative estimate of drug-likeness (QED) is 0.876. The molecule has 1 aromatic carbocycles. The molecule has 16 heavy (non-hydrogen) atoms. The lowest BCUT2D eigenvalue weighted by Crippen LogP contribution is -2.40. The zero-order chi connectivity index (χ0) is 11.0. The maximum atomic E-state index is 5.85. The molecule has 0 atom stereocenters. The fourth-order valence-corrected chi connectivity index (χ4v) is 3.49. The third-order valence-electron chi connectivity index (χ3n) is 3.32. The van der Waals surface area contributed by atoms with Gasteiger partial charge in [-0.3, -0.25) is 0 Å². The molecular weight excluding hydrogens is 222 g/mol. The Morgan fingerprint density at radius 1 is 1.25 bits per heavy atom. The SMILES string of the molecule is NCC1(Sc2ccc3c(c2)OCO3)CCC1. The van der Waals surface area contributed by atoms with Crippen molar-refractivity contribution in [3.8, 4) is 11.5 Å². The van der Waals surface area contributed by atoms with Crippen molar-refractivity contribution in [2.75, 3.05) is 13.3 Å². The predicted molar refractivity (Wildman–Crippen MR) is 64.1 cm³/mol. The van der Waals surface area contributed by atoms with Crippen molar-refractivity contribution >= 4 is 11.8 Å². The van der Waals surface area contributed by atoms with E-state index < -0.39 is 0 Å². The molecule has 1 aliphatic carbocycles. The van der Waals surface area contributed by atoms with Crippen LogP contribution in [0.15, 0.2) is 23.1 Å². The molecule has 0 aromatic heterocycles. The van der Waals surface area contributed by atoms with Gasteiger partial charge in [0.05, 0.1) is 0 Å². The van der Waals surface area contributed by atoms with E-state index in [2.05, 4.69) is 12.1 Å². The topological polar surface area (TPSA) is 44.5 Å². The second kappa shape index (κ2) is 3.86. The molecule has 4 heteroatoms. The normalized spacial score (nSPS) is 20.6. The molecule has 0 radical (unpaired) electrons. The standard InChI is InChI=1S/C12H15NO2S/c13-7-12(4-1-5-12)16-9-2-3-10-11(6-9)15-8-14-10/h2-3,6H,1,4-5,7-8,13H2. The highest BCUT2D eigenvalue weighted by Gasteiger charge is 2.36. The Kier molecular flexibility index (Phi) is 2.48. The molecule has 86 valence electrons. The first-order valence-electron chi connectivity index (χ1n) is 5.60. The summed E-state index contributed by atoms with van der Waals surface area (Å²) in [6.07, 6.45) is 3.75. The summed E-state index contributed by atoms with van der Waals surface area (Å²) in [6.45, 7) is 1.09. The van der Waals surface area contributed by atoms with Gasteiger partial charge >= 0.3 is 0 Å². The summed E-state index contributed by atoms with van der Waals surface area (Å²) in [7, 11) is 0. The van der Waals surface area contributed by atoms with Gasteiger partial charge in [-0.15, -0.1) is 11.8 Å². The Morgan fingerprint density at radius 2 is 2.06 bits per heavy atom. The molecule has 2 N–H and O–H groups in total. The van der Waals surface area contributed by atoms with Gasteiger partial charge in [-0.2, -0.15) is 0 Å². The minimum atomic E-state index is 0.272. The maximum Gasteiger partial charge on any atom is 0.231 e. The van der Waals surface area contributed by atoms with Crippen LogP contribution in [0.25, 0.3) is 0 Å². The first kappa shape index (κ1) is 10.3. The smallest absolute Gasteiger partial charge is 0.231 e. The fraction of sp³-hybridized carbons (Fsp3) is 0.500. The zero-order valence-corrected chi connectivity index (χ0v) is 9.89. The van der Waals surface area contributed by atoms with Crippen molar-refractivity contribution in [1.82, 2.24) is 0 Å². The second-order valence-corrected chi connectivity index (χ2v) is 5.90. The van der Waals surface area contributed by atoms with E-state index in [1.807, 2.05) is 17.8 Å². The highest BCUT2D eigenvalue weighted by molar-refractivity contribution is 8.00. The average Bonchev–Trinajstić information content (AvgIpc) is 2.70. The molecule has 1 aromatic rings. The number of thioether (sulfide) groups is 1. The van der Waals surface area contributed by atoms with Gasteiger partial charge in [0.15, 0.2) is 11.5 Å². The summed E-state index contributed by atoms with van der Waals surface area (Å²) in [5.74, 6) is 1.70. The number of nitrogens with two attached hydrogens (primary N) is 1. The highest BCUT2D eigenvalue weighted by atomic mass is 32.2. The zero-order valence-electron chi connectivity index (χ0n) is 9.07. The molecule has 1 fully saturated rings. The Labute approximate surface area is 99.3 Å². The molecule has 1 heterocycles. The van der Waals surface area contributed by atoms with Crippen molar-refractivity contribution < 1.29 is 9.47 Å². The highest BCUT2D eigenvalue weighted by Crippen LogP contribution is 2.48. The molecule has 2 aliphatic rings. The van der Waals surface area contributed by atoms with Crippen LogP contribution in [0.5, 0.6) is 11.5 Å². The summed E-state index contributed by atoms with van der Waals surface area (Å²) in [4.78, 5) is 1.23. The van der Waals surface area contributed by atoms with Crippen molar-refractivity contribution in [3.05, 3.63) is 18.2 Å². The van der Waals surface area contributed by atoms with Crippen LogP contribution in [0.2, 0.25) is 0 Å². The first-order chi connectivity index (χ1) is 7.81. The molecule has 0 unspecified atom stereocenters. The lowest BCUT2D eigenvalue weighted by atomic mass is 9.84. The van der Waals surface area contributed by atoms with Gasteiger partial charge in [0.25, 0.3) is 0 Å². The minimum Gasteiger partial charge on any atom is -0.454 e. The third kappa shape index (κ3) is 1.66. The van der Waals surface area contributed by atoms with Crippen LogP contribution < -0.4 is 15.2 Å². The Morgan fingerprint density at radius 3 is 2.75 bits per heavy atom. The van der Waals surface area contributed by atoms with E-state index in [9.17, 15) is 0 Å². The summed E-state index contributed by atoms with van der Waals surface area (Å²) < 4.78 is 10.9. The Bertz CT molecular complexity index is 398. The van der Waals surface area contributed by atoms with Crippen molar-refractivity contribution in [3.63, 3.8) is 0 Å². The number of fused-ring (bicyclic) bond motifs is 1. The molecule has 3 nitrogen and oxygen atoms in total. The minimum absolute atomic E-state index is 0.272. The van der Waals surface area contributed by atoms with Crippen LogP contribution in [-0.2, 0) is 0 Å². The van der Waals surface area contributed by atoms with Crippen molar-refractivity contribution in [2.24, 2.45) is 5.73 Å². The van der Waals surface area contributed by atoms with E-state index in [0.717, 1.165) is 18.0 Å². The van der Waals surface area contributed by atoms with Gasteiger partial charge in [-0.05, 0) is 31.0 Å². The number of ether oxygens (including phenoxy) is 2. The van der Waals surface area contributed by atoms with E-state index >= 15 is 0 Å². The van der Waals surface area contributed by atoms with Crippen LogP contribution in [0.4, 0.5) is 0 Å². The van der Waals surface area contributed by atoms with Gasteiger partial charge in [0.1, 0.15) is 0 Å². The van der Waals surface area contributed by atoms with E-state index in [4.69, 9.17) is 15.2 Å². The molecular formula is C12H15NO2S. The predicted octanol–water partition coefficient (Wildman–Crippen LogP) is 2.39. The van der Waals surface area contributed by atoms with Crippen LogP contribution in [0, 0.1) is 0 Å². The van der Waals surface area contributed by atoms with Gasteiger partial charge in [0, 0.05) is 16.2 Å². The number of hydrogen-bond acceptors (Lipinski definition) is 4. The number of benzene rings is 1. The van der Waals surface area contributed by atoms with Crippen LogP contribution in [-0.4, -0.2) is 18.1 Å². The Balaban J connectivity index is 1.80. The Hall–Kier alpha value is -0.870. The summed E-state index contributed by atoms with van der Waals surface area (Å²) >= 11 is 1.88. The summed E-state index contributed by atoms with van der Waals surface area (Å²) in [5.41, 5.74) is 5.85. The molecule has 0 bridgehead atoms. The molecule has 1 saturated carbocycles. The van der Waals surface area contributed by atoms with Crippen molar-refractivity contribution in [1.29, 1.82) is 0 Å². The van der Waals surface area contributed by atoms with Gasteiger partial charge < -0.3 is 15.2 Å². The van der Waals surface area contributed by atoms with Gasteiger partial charge in [-0.25, -0.2) is 0 Å². The third-order valence-corrected chi connectivity index (χ3v) is 4.81. The van der Waals surface area contributed by atoms with Crippen LogP contribution in [0.1, 0.15) is 19.3 Å². The van der Waals surface area contributed by atoms with E-state index in [1.54, 1.807) is 0 Å². The lowest BCUT2D eigenvalue weighted by molar-refractivity contribution is 0.174.